The predicted octanol–water partition coefficient (Wildman–Crippen LogP) is 3.70. The third kappa shape index (κ3) is 4.40. The zero-order valence-corrected chi connectivity index (χ0v) is 14.1. The number of hydrogen-bond donors (Lipinski definition) is 1. The summed E-state index contributed by atoms with van der Waals surface area (Å²) in [5.74, 6) is -0.0591. The van der Waals surface area contributed by atoms with Gasteiger partial charge in [-0.05, 0) is 25.0 Å². The fourth-order valence-electron chi connectivity index (χ4n) is 2.56. The summed E-state index contributed by atoms with van der Waals surface area (Å²) in [7, 11) is 0. The van der Waals surface area contributed by atoms with Gasteiger partial charge in [-0.2, -0.15) is 0 Å². The van der Waals surface area contributed by atoms with Crippen molar-refractivity contribution in [1.82, 2.24) is 15.4 Å². The van der Waals surface area contributed by atoms with Crippen LogP contribution in [-0.4, -0.2) is 21.1 Å². The van der Waals surface area contributed by atoms with Crippen LogP contribution in [0.15, 0.2) is 45.5 Å². The Kier molecular flexibility index (Phi) is 5.85. The maximum absolute atomic E-state index is 13.7. The lowest BCUT2D eigenvalue weighted by molar-refractivity contribution is 0.0970. The number of Topliss-reactive ketones (excluding diaryl/α,β-unsaturated/α-hetero) is 1. The van der Waals surface area contributed by atoms with E-state index in [4.69, 9.17) is 10.2 Å². The highest BCUT2D eigenvalue weighted by atomic mass is 19.1. The van der Waals surface area contributed by atoms with Crippen LogP contribution in [0.4, 0.5) is 4.39 Å². The van der Waals surface area contributed by atoms with Gasteiger partial charge in [-0.3, -0.25) is 4.79 Å². The van der Waals surface area contributed by atoms with Gasteiger partial charge in [0, 0.05) is 12.5 Å². The summed E-state index contributed by atoms with van der Waals surface area (Å²) in [5.41, 5.74) is 6.67. The van der Waals surface area contributed by atoms with Crippen LogP contribution < -0.4 is 5.73 Å². The molecule has 1 atom stereocenters. The molecule has 0 aliphatic heterocycles. The van der Waals surface area contributed by atoms with Gasteiger partial charge < -0.3 is 14.7 Å². The van der Waals surface area contributed by atoms with E-state index in [-0.39, 0.29) is 23.1 Å². The Labute approximate surface area is 149 Å². The fourth-order valence-corrected chi connectivity index (χ4v) is 2.56. The monoisotopic (exact) mass is 358 g/mol. The number of hydrogen-bond acceptors (Lipinski definition) is 7. The van der Waals surface area contributed by atoms with Crippen LogP contribution in [-0.2, 0) is 0 Å². The van der Waals surface area contributed by atoms with Crippen molar-refractivity contribution in [1.29, 1.82) is 0 Å². The number of nitrogens with zero attached hydrogens (tertiary/aromatic N) is 3. The number of benzene rings is 1. The Morgan fingerprint density at radius 3 is 2.77 bits per heavy atom. The largest absolute Gasteiger partial charge is 0.419 e. The Morgan fingerprint density at radius 2 is 2.00 bits per heavy atom. The van der Waals surface area contributed by atoms with Crippen LogP contribution in [0.25, 0.3) is 11.5 Å². The van der Waals surface area contributed by atoms with Crippen molar-refractivity contribution >= 4 is 5.78 Å². The lowest BCUT2D eigenvalue weighted by Gasteiger charge is -2.06. The second-order valence-electron chi connectivity index (χ2n) is 5.94. The smallest absolute Gasteiger partial charge is 0.250 e. The van der Waals surface area contributed by atoms with E-state index < -0.39 is 11.9 Å². The van der Waals surface area contributed by atoms with Crippen molar-refractivity contribution < 1.29 is 18.1 Å². The highest BCUT2D eigenvalue weighted by Crippen LogP contribution is 2.24. The molecule has 0 unspecified atom stereocenters. The highest BCUT2D eigenvalue weighted by Gasteiger charge is 2.17. The average Bonchev–Trinajstić information content (AvgIpc) is 3.33. The first kappa shape index (κ1) is 17.9. The second-order valence-corrected chi connectivity index (χ2v) is 5.94. The van der Waals surface area contributed by atoms with E-state index in [1.165, 1.54) is 12.3 Å². The molecule has 2 heterocycles. The molecule has 3 aromatic rings. The third-order valence-corrected chi connectivity index (χ3v) is 4.00. The summed E-state index contributed by atoms with van der Waals surface area (Å²) in [6, 6.07) is 7.33. The van der Waals surface area contributed by atoms with E-state index in [2.05, 4.69) is 19.9 Å². The van der Waals surface area contributed by atoms with Gasteiger partial charge in [0.05, 0.1) is 11.6 Å². The predicted molar refractivity (Wildman–Crippen MR) is 90.5 cm³/mol. The van der Waals surface area contributed by atoms with Crippen molar-refractivity contribution in [3.63, 3.8) is 0 Å². The highest BCUT2D eigenvalue weighted by molar-refractivity contribution is 5.93. The van der Waals surface area contributed by atoms with Crippen molar-refractivity contribution in [2.24, 2.45) is 5.73 Å². The number of ketones is 1. The number of halogens is 1. The summed E-state index contributed by atoms with van der Waals surface area (Å²) in [5, 5.41) is 11.4. The quantitative estimate of drug-likeness (QED) is 0.459. The van der Waals surface area contributed by atoms with E-state index in [9.17, 15) is 9.18 Å². The zero-order chi connectivity index (χ0) is 18.4. The van der Waals surface area contributed by atoms with Crippen LogP contribution in [0.2, 0.25) is 0 Å². The van der Waals surface area contributed by atoms with E-state index in [0.29, 0.717) is 18.5 Å². The third-order valence-electron chi connectivity index (χ3n) is 4.00. The lowest BCUT2D eigenvalue weighted by Crippen LogP contribution is -2.10. The first-order valence-electron chi connectivity index (χ1n) is 8.42. The van der Waals surface area contributed by atoms with Crippen LogP contribution in [0.5, 0.6) is 0 Å². The second kappa shape index (κ2) is 8.48. The van der Waals surface area contributed by atoms with Gasteiger partial charge in [-0.25, -0.2) is 4.39 Å². The first-order valence-corrected chi connectivity index (χ1v) is 8.42. The first-order chi connectivity index (χ1) is 12.6. The minimum absolute atomic E-state index is 0.0329. The Morgan fingerprint density at radius 1 is 1.15 bits per heavy atom. The molecule has 0 aliphatic rings. The van der Waals surface area contributed by atoms with E-state index in [1.807, 2.05) is 0 Å². The Hall–Kier alpha value is -2.87. The van der Waals surface area contributed by atoms with Crippen molar-refractivity contribution in [3.05, 3.63) is 54.0 Å². The lowest BCUT2D eigenvalue weighted by atomic mass is 10.1. The van der Waals surface area contributed by atoms with Gasteiger partial charge in [-0.15, -0.1) is 10.2 Å². The molecule has 0 saturated heterocycles. The number of nitrogens with two attached hydrogens (primary N) is 1. The molecule has 2 aromatic heterocycles. The summed E-state index contributed by atoms with van der Waals surface area (Å²) in [6.45, 7) is 0. The molecule has 26 heavy (non-hydrogen) atoms. The Balaban J connectivity index is 1.43. The molecule has 0 spiro atoms. The van der Waals surface area contributed by atoms with Crippen molar-refractivity contribution in [2.45, 2.75) is 38.1 Å². The molecule has 8 heteroatoms. The summed E-state index contributed by atoms with van der Waals surface area (Å²) < 4.78 is 23.9. The molecule has 0 radical (unpaired) electrons. The minimum Gasteiger partial charge on any atom is -0.419 e. The molecular formula is C18H19FN4O3. The normalized spacial score (nSPS) is 12.2. The number of unbranched alkanes of at least 4 members (excludes halogenated alkanes) is 2. The molecule has 0 amide bonds. The molecule has 0 bridgehead atoms. The molecule has 0 saturated carbocycles. The number of rotatable bonds is 9. The van der Waals surface area contributed by atoms with E-state index in [0.717, 1.165) is 19.3 Å². The fraction of sp³-hybridized carbons (Fsp3) is 0.333. The van der Waals surface area contributed by atoms with Crippen LogP contribution in [0.3, 0.4) is 0 Å². The van der Waals surface area contributed by atoms with Gasteiger partial charge in [0.1, 0.15) is 17.8 Å². The minimum atomic E-state index is -0.423. The molecule has 3 rings (SSSR count). The molecule has 136 valence electrons. The molecule has 7 nitrogen and oxygen atoms in total. The molecule has 1 aromatic carbocycles. The van der Waals surface area contributed by atoms with Crippen LogP contribution in [0.1, 0.15) is 54.5 Å². The van der Waals surface area contributed by atoms with Gasteiger partial charge in [0.15, 0.2) is 5.78 Å². The van der Waals surface area contributed by atoms with Gasteiger partial charge in [-0.1, -0.05) is 30.1 Å². The average molecular weight is 358 g/mol. The topological polar surface area (TPSA) is 108 Å². The molecule has 0 aliphatic carbocycles. The summed E-state index contributed by atoms with van der Waals surface area (Å²) >= 11 is 0. The summed E-state index contributed by atoms with van der Waals surface area (Å²) in [4.78, 5) is 11.8. The SMILES string of the molecule is N[C@@H](CCCCCC(=O)c1ccon1)c1nnc(-c2ccccc2F)o1. The van der Waals surface area contributed by atoms with Crippen LogP contribution in [0, 0.1) is 5.82 Å². The molecule has 2 N–H and O–H groups in total. The van der Waals surface area contributed by atoms with Crippen molar-refractivity contribution in [2.75, 3.05) is 0 Å². The maximum Gasteiger partial charge on any atom is 0.250 e. The van der Waals surface area contributed by atoms with Gasteiger partial charge in [0.25, 0.3) is 5.89 Å². The summed E-state index contributed by atoms with van der Waals surface area (Å²) in [6.07, 6.45) is 4.82. The van der Waals surface area contributed by atoms with E-state index >= 15 is 0 Å². The van der Waals surface area contributed by atoms with Crippen molar-refractivity contribution in [3.8, 4) is 11.5 Å². The Bertz CT molecular complexity index is 848. The number of aromatic nitrogens is 3. The van der Waals surface area contributed by atoms with E-state index in [1.54, 1.807) is 24.3 Å². The maximum atomic E-state index is 13.7. The number of carbonyl (C=O) groups is 1. The standard InChI is InChI=1S/C18H19FN4O3/c19-13-7-5-4-6-12(13)17-21-22-18(26-17)14(20)8-2-1-3-9-16(24)15-10-11-25-23-15/h4-7,10-11,14H,1-3,8-9,20H2/t14-/m0/s1. The van der Waals surface area contributed by atoms with Gasteiger partial charge >= 0.3 is 0 Å². The van der Waals surface area contributed by atoms with Gasteiger partial charge in [0.2, 0.25) is 5.89 Å². The van der Waals surface area contributed by atoms with Crippen LogP contribution >= 0.6 is 0 Å². The number of carbonyl (C=O) groups excluding carboxylic acids is 1. The molecular weight excluding hydrogens is 339 g/mol. The zero-order valence-electron chi connectivity index (χ0n) is 14.1. The molecule has 0 fully saturated rings.